The molecule has 0 radical (unpaired) electrons. The molecule has 0 aliphatic carbocycles. The molecule has 0 atom stereocenters. The van der Waals surface area contributed by atoms with Gasteiger partial charge in [-0.1, -0.05) is 25.4 Å². The number of hydrazine groups is 1. The van der Waals surface area contributed by atoms with Gasteiger partial charge in [0.15, 0.2) is 0 Å². The van der Waals surface area contributed by atoms with Crippen LogP contribution in [-0.4, -0.2) is 9.78 Å². The standard InChI is InChI=1S/C14H17ClN4/c1-9(2)7-19-8-10(5-17-19)12-3-11(15)4-14-13(12)6-16-18-14/h3-5,8-9,16,18H,6-7H2,1-2H3. The van der Waals surface area contributed by atoms with E-state index in [9.17, 15) is 0 Å². The third-order valence-corrected chi connectivity index (χ3v) is 3.42. The maximum atomic E-state index is 6.17. The molecule has 1 aliphatic rings. The van der Waals surface area contributed by atoms with Crippen molar-refractivity contribution in [3.8, 4) is 11.1 Å². The molecule has 4 nitrogen and oxygen atoms in total. The maximum absolute atomic E-state index is 6.17. The van der Waals surface area contributed by atoms with E-state index >= 15 is 0 Å². The Morgan fingerprint density at radius 2 is 2.26 bits per heavy atom. The van der Waals surface area contributed by atoms with Crippen LogP contribution in [0.15, 0.2) is 24.5 Å². The van der Waals surface area contributed by atoms with Crippen LogP contribution in [0.3, 0.4) is 0 Å². The van der Waals surface area contributed by atoms with Gasteiger partial charge >= 0.3 is 0 Å². The second-order valence-electron chi connectivity index (χ2n) is 5.30. The highest BCUT2D eigenvalue weighted by Crippen LogP contribution is 2.34. The van der Waals surface area contributed by atoms with Crippen molar-refractivity contribution in [3.63, 3.8) is 0 Å². The Kier molecular flexibility index (Phi) is 3.21. The van der Waals surface area contributed by atoms with Gasteiger partial charge in [0.2, 0.25) is 0 Å². The van der Waals surface area contributed by atoms with Crippen LogP contribution >= 0.6 is 11.6 Å². The predicted molar refractivity (Wildman–Crippen MR) is 78.0 cm³/mol. The fourth-order valence-electron chi connectivity index (χ4n) is 2.40. The summed E-state index contributed by atoms with van der Waals surface area (Å²) >= 11 is 6.17. The van der Waals surface area contributed by atoms with Gasteiger partial charge in [-0.3, -0.25) is 4.68 Å². The number of fused-ring (bicyclic) bond motifs is 1. The van der Waals surface area contributed by atoms with Gasteiger partial charge < -0.3 is 5.43 Å². The second-order valence-corrected chi connectivity index (χ2v) is 5.74. The molecular weight excluding hydrogens is 260 g/mol. The van der Waals surface area contributed by atoms with Gasteiger partial charge in [0.25, 0.3) is 0 Å². The summed E-state index contributed by atoms with van der Waals surface area (Å²) in [7, 11) is 0. The van der Waals surface area contributed by atoms with Gasteiger partial charge in [-0.05, 0) is 23.6 Å². The molecule has 1 aromatic carbocycles. The lowest BCUT2D eigenvalue weighted by molar-refractivity contribution is 0.483. The summed E-state index contributed by atoms with van der Waals surface area (Å²) in [5.41, 5.74) is 10.8. The Balaban J connectivity index is 2.00. The number of aromatic nitrogens is 2. The molecule has 2 heterocycles. The molecule has 5 heteroatoms. The Labute approximate surface area is 117 Å². The van der Waals surface area contributed by atoms with E-state index in [4.69, 9.17) is 11.6 Å². The molecule has 19 heavy (non-hydrogen) atoms. The SMILES string of the molecule is CC(C)Cn1cc(-c2cc(Cl)cc3c2CNN3)cn1. The lowest BCUT2D eigenvalue weighted by Crippen LogP contribution is -2.10. The minimum absolute atomic E-state index is 0.584. The summed E-state index contributed by atoms with van der Waals surface area (Å²) in [6.07, 6.45) is 4.00. The molecule has 0 bridgehead atoms. The first-order valence-electron chi connectivity index (χ1n) is 6.47. The van der Waals surface area contributed by atoms with E-state index < -0.39 is 0 Å². The molecule has 1 aromatic heterocycles. The average Bonchev–Trinajstić information content (AvgIpc) is 2.95. The average molecular weight is 277 g/mol. The summed E-state index contributed by atoms with van der Waals surface area (Å²) < 4.78 is 1.99. The first-order chi connectivity index (χ1) is 9.13. The number of benzene rings is 1. The van der Waals surface area contributed by atoms with E-state index in [1.807, 2.05) is 23.0 Å². The zero-order valence-corrected chi connectivity index (χ0v) is 11.8. The number of rotatable bonds is 3. The number of hydrogen-bond acceptors (Lipinski definition) is 3. The van der Waals surface area contributed by atoms with Crippen molar-refractivity contribution >= 4 is 17.3 Å². The maximum Gasteiger partial charge on any atom is 0.0568 e. The summed E-state index contributed by atoms with van der Waals surface area (Å²) in [6, 6.07) is 3.95. The fourth-order valence-corrected chi connectivity index (χ4v) is 2.62. The monoisotopic (exact) mass is 276 g/mol. The van der Waals surface area contributed by atoms with Crippen LogP contribution in [0, 0.1) is 5.92 Å². The van der Waals surface area contributed by atoms with Crippen LogP contribution in [0.25, 0.3) is 11.1 Å². The van der Waals surface area contributed by atoms with Gasteiger partial charge in [-0.2, -0.15) is 5.10 Å². The molecule has 0 amide bonds. The number of halogens is 1. The van der Waals surface area contributed by atoms with E-state index in [0.29, 0.717) is 5.92 Å². The van der Waals surface area contributed by atoms with E-state index in [1.54, 1.807) is 0 Å². The summed E-state index contributed by atoms with van der Waals surface area (Å²) in [5, 5.41) is 5.16. The molecule has 2 N–H and O–H groups in total. The van der Waals surface area contributed by atoms with Crippen LogP contribution in [-0.2, 0) is 13.1 Å². The number of anilines is 1. The number of hydrogen-bond donors (Lipinski definition) is 2. The van der Waals surface area contributed by atoms with E-state index in [2.05, 4.69) is 36.0 Å². The fraction of sp³-hybridized carbons (Fsp3) is 0.357. The van der Waals surface area contributed by atoms with Crippen molar-refractivity contribution in [2.24, 2.45) is 5.92 Å². The van der Waals surface area contributed by atoms with Gasteiger partial charge in [-0.15, -0.1) is 0 Å². The van der Waals surface area contributed by atoms with Crippen molar-refractivity contribution in [3.05, 3.63) is 35.1 Å². The predicted octanol–water partition coefficient (Wildman–Crippen LogP) is 3.29. The van der Waals surface area contributed by atoms with Gasteiger partial charge in [-0.25, -0.2) is 5.43 Å². The van der Waals surface area contributed by atoms with Crippen molar-refractivity contribution in [1.29, 1.82) is 0 Å². The molecular formula is C14H17ClN4. The third-order valence-electron chi connectivity index (χ3n) is 3.20. The molecule has 0 fully saturated rings. The van der Waals surface area contributed by atoms with Crippen LogP contribution in [0.4, 0.5) is 5.69 Å². The lowest BCUT2D eigenvalue weighted by atomic mass is 10.0. The Bertz CT molecular complexity index is 603. The van der Waals surface area contributed by atoms with Crippen LogP contribution in [0.5, 0.6) is 0 Å². The normalized spacial score (nSPS) is 13.7. The smallest absolute Gasteiger partial charge is 0.0568 e. The zero-order chi connectivity index (χ0) is 13.4. The van der Waals surface area contributed by atoms with Crippen LogP contribution in [0.2, 0.25) is 5.02 Å². The number of nitrogens with zero attached hydrogens (tertiary/aromatic N) is 2. The Morgan fingerprint density at radius 3 is 3.05 bits per heavy atom. The highest BCUT2D eigenvalue weighted by molar-refractivity contribution is 6.31. The zero-order valence-electron chi connectivity index (χ0n) is 11.1. The highest BCUT2D eigenvalue weighted by atomic mass is 35.5. The summed E-state index contributed by atoms with van der Waals surface area (Å²) in [4.78, 5) is 0. The van der Waals surface area contributed by atoms with Crippen molar-refractivity contribution in [1.82, 2.24) is 15.2 Å². The molecule has 100 valence electrons. The molecule has 1 aliphatic heterocycles. The highest BCUT2D eigenvalue weighted by Gasteiger charge is 2.17. The minimum atomic E-state index is 0.584. The molecule has 3 rings (SSSR count). The molecule has 0 spiro atoms. The van der Waals surface area contributed by atoms with E-state index in [1.165, 1.54) is 5.56 Å². The van der Waals surface area contributed by atoms with Crippen molar-refractivity contribution in [2.45, 2.75) is 26.9 Å². The Hall–Kier alpha value is -1.52. The third kappa shape index (κ3) is 2.46. The molecule has 0 saturated carbocycles. The first-order valence-corrected chi connectivity index (χ1v) is 6.85. The van der Waals surface area contributed by atoms with Crippen molar-refractivity contribution in [2.75, 3.05) is 5.43 Å². The molecule has 2 aromatic rings. The lowest BCUT2D eigenvalue weighted by Gasteiger charge is -2.07. The summed E-state index contributed by atoms with van der Waals surface area (Å²) in [5.74, 6) is 0.584. The quantitative estimate of drug-likeness (QED) is 0.904. The van der Waals surface area contributed by atoms with E-state index in [0.717, 1.165) is 34.9 Å². The van der Waals surface area contributed by atoms with Gasteiger partial charge in [0.1, 0.15) is 0 Å². The van der Waals surface area contributed by atoms with E-state index in [-0.39, 0.29) is 0 Å². The summed E-state index contributed by atoms with van der Waals surface area (Å²) in [6.45, 7) is 6.11. The van der Waals surface area contributed by atoms with Crippen LogP contribution < -0.4 is 10.9 Å². The van der Waals surface area contributed by atoms with Gasteiger partial charge in [0.05, 0.1) is 11.9 Å². The first kappa shape index (κ1) is 12.5. The van der Waals surface area contributed by atoms with Gasteiger partial charge in [0, 0.05) is 35.4 Å². The number of nitrogens with one attached hydrogen (secondary N) is 2. The largest absolute Gasteiger partial charge is 0.321 e. The molecule has 0 saturated heterocycles. The van der Waals surface area contributed by atoms with Crippen molar-refractivity contribution < 1.29 is 0 Å². The second kappa shape index (κ2) is 4.87. The molecule has 0 unspecified atom stereocenters. The topological polar surface area (TPSA) is 41.9 Å². The minimum Gasteiger partial charge on any atom is -0.321 e. The van der Waals surface area contributed by atoms with Crippen LogP contribution in [0.1, 0.15) is 19.4 Å². The Morgan fingerprint density at radius 1 is 1.42 bits per heavy atom.